The Morgan fingerprint density at radius 3 is 2.43 bits per heavy atom. The third-order valence-electron chi connectivity index (χ3n) is 4.53. The molecule has 0 spiro atoms. The summed E-state index contributed by atoms with van der Waals surface area (Å²) in [5, 5.41) is 0. The van der Waals surface area contributed by atoms with Gasteiger partial charge in [0.05, 0.1) is 0 Å². The molecule has 0 amide bonds. The molecule has 1 aliphatic carbocycles. The summed E-state index contributed by atoms with van der Waals surface area (Å²) in [6.45, 7) is 9.03. The molecule has 0 heterocycles. The Kier molecular flexibility index (Phi) is 3.71. The smallest absolute Gasteiger partial charge is 0.00575 e. The number of benzene rings is 2. The van der Waals surface area contributed by atoms with Gasteiger partial charge < -0.3 is 0 Å². The van der Waals surface area contributed by atoms with Crippen LogP contribution < -0.4 is 0 Å². The van der Waals surface area contributed by atoms with Crippen LogP contribution in [0.1, 0.15) is 42.5 Å². The van der Waals surface area contributed by atoms with Crippen molar-refractivity contribution in [3.63, 3.8) is 0 Å². The van der Waals surface area contributed by atoms with E-state index in [1.807, 2.05) is 0 Å². The molecule has 0 bridgehead atoms. The third kappa shape index (κ3) is 2.68. The number of aryl methyl sites for hydroxylation is 1. The summed E-state index contributed by atoms with van der Waals surface area (Å²) >= 11 is 0. The van der Waals surface area contributed by atoms with Crippen LogP contribution in [0.3, 0.4) is 0 Å². The van der Waals surface area contributed by atoms with E-state index in [-0.39, 0.29) is 0 Å². The van der Waals surface area contributed by atoms with Gasteiger partial charge in [0.2, 0.25) is 0 Å². The Balaban J connectivity index is 2.09. The van der Waals surface area contributed by atoms with Gasteiger partial charge in [0, 0.05) is 0 Å². The molecule has 0 N–H and O–H groups in total. The fourth-order valence-corrected chi connectivity index (χ4v) is 3.37. The summed E-state index contributed by atoms with van der Waals surface area (Å²) in [5.41, 5.74) is 10.1. The predicted molar refractivity (Wildman–Crippen MR) is 92.5 cm³/mol. The lowest BCUT2D eigenvalue weighted by Crippen LogP contribution is -1.92. The average Bonchev–Trinajstić information content (AvgIpc) is 2.83. The van der Waals surface area contributed by atoms with Gasteiger partial charge in [0.25, 0.3) is 0 Å². The normalized spacial score (nSPS) is 13.5. The second-order valence-electron chi connectivity index (χ2n) is 6.70. The Hall–Kier alpha value is -1.82. The minimum atomic E-state index is 0.731. The average molecular weight is 276 g/mol. The lowest BCUT2D eigenvalue weighted by atomic mass is 9.92. The summed E-state index contributed by atoms with van der Waals surface area (Å²) in [4.78, 5) is 0. The van der Waals surface area contributed by atoms with E-state index < -0.39 is 0 Å². The van der Waals surface area contributed by atoms with Gasteiger partial charge >= 0.3 is 0 Å². The molecule has 3 rings (SSSR count). The van der Waals surface area contributed by atoms with Crippen LogP contribution in [0.2, 0.25) is 0 Å². The Morgan fingerprint density at radius 1 is 0.952 bits per heavy atom. The Morgan fingerprint density at radius 2 is 1.67 bits per heavy atom. The second kappa shape index (κ2) is 5.52. The summed E-state index contributed by atoms with van der Waals surface area (Å²) in [6.07, 6.45) is 4.78. The summed E-state index contributed by atoms with van der Waals surface area (Å²) in [6, 6.07) is 13.4. The molecular formula is C21H24. The molecule has 21 heavy (non-hydrogen) atoms. The summed E-state index contributed by atoms with van der Waals surface area (Å²) in [5.74, 6) is 0.731. The van der Waals surface area contributed by atoms with Crippen LogP contribution in [0.15, 0.2) is 42.0 Å². The minimum absolute atomic E-state index is 0.731. The molecule has 0 radical (unpaired) electrons. The Labute approximate surface area is 128 Å². The van der Waals surface area contributed by atoms with E-state index in [4.69, 9.17) is 0 Å². The first kappa shape index (κ1) is 14.1. The van der Waals surface area contributed by atoms with Gasteiger partial charge in [-0.2, -0.15) is 0 Å². The van der Waals surface area contributed by atoms with Crippen LogP contribution in [0.5, 0.6) is 0 Å². The zero-order chi connectivity index (χ0) is 15.0. The molecule has 0 aromatic heterocycles. The van der Waals surface area contributed by atoms with Crippen molar-refractivity contribution < 1.29 is 0 Å². The molecule has 108 valence electrons. The van der Waals surface area contributed by atoms with Gasteiger partial charge in [0.1, 0.15) is 0 Å². The maximum absolute atomic E-state index is 2.44. The molecule has 0 fully saturated rings. The van der Waals surface area contributed by atoms with Gasteiger partial charge in [-0.3, -0.25) is 0 Å². The number of hydrogen-bond acceptors (Lipinski definition) is 0. The molecule has 0 nitrogen and oxygen atoms in total. The highest BCUT2D eigenvalue weighted by Crippen LogP contribution is 2.37. The van der Waals surface area contributed by atoms with E-state index in [1.54, 1.807) is 5.57 Å². The van der Waals surface area contributed by atoms with Gasteiger partial charge in [-0.05, 0) is 66.0 Å². The highest BCUT2D eigenvalue weighted by Gasteiger charge is 2.18. The molecular weight excluding hydrogens is 252 g/mol. The molecule has 0 unspecified atom stereocenters. The van der Waals surface area contributed by atoms with Crippen molar-refractivity contribution in [2.24, 2.45) is 5.92 Å². The number of fused-ring (bicyclic) bond motifs is 1. The lowest BCUT2D eigenvalue weighted by molar-refractivity contribution is 0.638. The number of hydrogen-bond donors (Lipinski definition) is 0. The molecule has 0 aliphatic heterocycles. The van der Waals surface area contributed by atoms with E-state index in [0.29, 0.717) is 0 Å². The van der Waals surface area contributed by atoms with E-state index in [0.717, 1.165) is 12.3 Å². The van der Waals surface area contributed by atoms with Crippen molar-refractivity contribution in [2.45, 2.75) is 40.5 Å². The minimum Gasteiger partial charge on any atom is -0.0649 e. The van der Waals surface area contributed by atoms with Crippen LogP contribution in [0.4, 0.5) is 0 Å². The predicted octanol–water partition coefficient (Wildman–Crippen LogP) is 5.96. The van der Waals surface area contributed by atoms with Gasteiger partial charge in [0.15, 0.2) is 0 Å². The van der Waals surface area contributed by atoms with E-state index >= 15 is 0 Å². The van der Waals surface area contributed by atoms with Crippen molar-refractivity contribution in [2.75, 3.05) is 0 Å². The van der Waals surface area contributed by atoms with Crippen molar-refractivity contribution in [1.29, 1.82) is 0 Å². The fraction of sp³-hybridized carbons (Fsp3) is 0.333. The van der Waals surface area contributed by atoms with Crippen LogP contribution >= 0.6 is 0 Å². The van der Waals surface area contributed by atoms with Crippen molar-refractivity contribution in [3.8, 4) is 11.1 Å². The monoisotopic (exact) mass is 276 g/mol. The first-order valence-electron chi connectivity index (χ1n) is 7.94. The standard InChI is InChI=1S/C21H24/c1-14(2)11-17-12-18-8-6-10-20(21(18)13-17)19-9-5-7-15(3)16(19)4/h5-10,13-14H,11-12H2,1-4H3. The van der Waals surface area contributed by atoms with Crippen LogP contribution in [-0.2, 0) is 6.42 Å². The molecule has 0 heteroatoms. The molecule has 1 aliphatic rings. The second-order valence-corrected chi connectivity index (χ2v) is 6.70. The van der Waals surface area contributed by atoms with Gasteiger partial charge in [-0.15, -0.1) is 0 Å². The van der Waals surface area contributed by atoms with Crippen LogP contribution in [0, 0.1) is 19.8 Å². The topological polar surface area (TPSA) is 0 Å². The SMILES string of the molecule is Cc1cccc(-c2cccc3c2C=C(CC(C)C)C3)c1C. The van der Waals surface area contributed by atoms with Gasteiger partial charge in [-0.1, -0.05) is 61.9 Å². The molecule has 2 aromatic rings. The van der Waals surface area contributed by atoms with E-state index in [9.17, 15) is 0 Å². The number of rotatable bonds is 3. The number of allylic oxidation sites excluding steroid dienone is 1. The van der Waals surface area contributed by atoms with E-state index in [2.05, 4.69) is 70.2 Å². The zero-order valence-corrected chi connectivity index (χ0v) is 13.5. The largest absolute Gasteiger partial charge is 0.0649 e. The zero-order valence-electron chi connectivity index (χ0n) is 13.5. The lowest BCUT2D eigenvalue weighted by Gasteiger charge is -2.12. The maximum Gasteiger partial charge on any atom is -0.00575 e. The first-order chi connectivity index (χ1) is 10.1. The molecule has 0 atom stereocenters. The summed E-state index contributed by atoms with van der Waals surface area (Å²) < 4.78 is 0. The highest BCUT2D eigenvalue weighted by molar-refractivity contribution is 5.82. The third-order valence-corrected chi connectivity index (χ3v) is 4.53. The molecule has 2 aromatic carbocycles. The highest BCUT2D eigenvalue weighted by atomic mass is 14.2. The van der Waals surface area contributed by atoms with Crippen LogP contribution in [-0.4, -0.2) is 0 Å². The van der Waals surface area contributed by atoms with Crippen molar-refractivity contribution in [3.05, 3.63) is 64.2 Å². The fourth-order valence-electron chi connectivity index (χ4n) is 3.37. The van der Waals surface area contributed by atoms with Crippen molar-refractivity contribution >= 4 is 6.08 Å². The van der Waals surface area contributed by atoms with Crippen molar-refractivity contribution in [1.82, 2.24) is 0 Å². The van der Waals surface area contributed by atoms with Crippen LogP contribution in [0.25, 0.3) is 17.2 Å². The first-order valence-corrected chi connectivity index (χ1v) is 7.94. The quantitative estimate of drug-likeness (QED) is 0.649. The summed E-state index contributed by atoms with van der Waals surface area (Å²) in [7, 11) is 0. The Bertz CT molecular complexity index is 702. The van der Waals surface area contributed by atoms with E-state index in [1.165, 1.54) is 39.8 Å². The maximum atomic E-state index is 2.44. The molecule has 0 saturated heterocycles. The molecule has 0 saturated carbocycles. The van der Waals surface area contributed by atoms with Gasteiger partial charge in [-0.25, -0.2) is 0 Å².